The Balaban J connectivity index is 2.42. The predicted molar refractivity (Wildman–Crippen MR) is 99.5 cm³/mol. The smallest absolute Gasteiger partial charge is 0.124 e. The Labute approximate surface area is 145 Å². The quantitative estimate of drug-likeness (QED) is 0.632. The van der Waals surface area contributed by atoms with Crippen molar-refractivity contribution in [2.45, 2.75) is 33.2 Å². The summed E-state index contributed by atoms with van der Waals surface area (Å²) in [5, 5.41) is 5.91. The first-order valence-corrected chi connectivity index (χ1v) is 9.32. The fourth-order valence-electron chi connectivity index (χ4n) is 2.35. The average molecular weight is 415 g/mol. The molecule has 114 valence electrons. The molecule has 1 aromatic heterocycles. The van der Waals surface area contributed by atoms with Crippen LogP contribution in [0, 0.1) is 9.81 Å². The lowest BCUT2D eigenvalue weighted by Gasteiger charge is -2.21. The molecule has 2 nitrogen and oxygen atoms in total. The van der Waals surface area contributed by atoms with Gasteiger partial charge in [0, 0.05) is 5.56 Å². The summed E-state index contributed by atoms with van der Waals surface area (Å²) in [4.78, 5) is 0. The number of halogens is 1. The highest BCUT2D eigenvalue weighted by atomic mass is 127. The van der Waals surface area contributed by atoms with E-state index in [4.69, 9.17) is 4.74 Å². The van der Waals surface area contributed by atoms with Gasteiger partial charge in [-0.25, -0.2) is 0 Å². The van der Waals surface area contributed by atoms with Crippen LogP contribution in [-0.4, -0.2) is 13.2 Å². The number of hydrogen-bond donors (Lipinski definition) is 1. The van der Waals surface area contributed by atoms with Gasteiger partial charge in [-0.3, -0.25) is 0 Å². The van der Waals surface area contributed by atoms with Gasteiger partial charge in [0.1, 0.15) is 5.75 Å². The number of rotatable bonds is 7. The van der Waals surface area contributed by atoms with Crippen molar-refractivity contribution >= 4 is 33.9 Å². The minimum absolute atomic E-state index is 0.200. The molecule has 1 atom stereocenters. The fraction of sp³-hybridized carbons (Fsp3) is 0.412. The van der Waals surface area contributed by atoms with Crippen molar-refractivity contribution in [3.05, 3.63) is 49.2 Å². The Morgan fingerprint density at radius 2 is 2.10 bits per heavy atom. The first-order chi connectivity index (χ1) is 10.2. The summed E-state index contributed by atoms with van der Waals surface area (Å²) >= 11 is 4.17. The second-order valence-corrected chi connectivity index (χ2v) is 7.85. The second-order valence-electron chi connectivity index (χ2n) is 5.05. The van der Waals surface area contributed by atoms with E-state index in [0.717, 1.165) is 18.7 Å². The van der Waals surface area contributed by atoms with Gasteiger partial charge in [0.25, 0.3) is 0 Å². The molecule has 0 amide bonds. The summed E-state index contributed by atoms with van der Waals surface area (Å²) in [7, 11) is 0. The first-order valence-electron chi connectivity index (χ1n) is 7.36. The van der Waals surface area contributed by atoms with Crippen molar-refractivity contribution in [2.75, 3.05) is 13.2 Å². The first kappa shape index (κ1) is 16.8. The molecule has 0 bridgehead atoms. The van der Waals surface area contributed by atoms with Gasteiger partial charge in [-0.1, -0.05) is 24.6 Å². The summed E-state index contributed by atoms with van der Waals surface area (Å²) in [5.41, 5.74) is 3.82. The van der Waals surface area contributed by atoms with Crippen LogP contribution in [0.5, 0.6) is 5.75 Å². The lowest BCUT2D eigenvalue weighted by Crippen LogP contribution is -2.23. The summed E-state index contributed by atoms with van der Waals surface area (Å²) < 4.78 is 7.16. The Kier molecular flexibility index (Phi) is 6.51. The Morgan fingerprint density at radius 1 is 1.29 bits per heavy atom. The molecule has 0 saturated carbocycles. The molecular weight excluding hydrogens is 393 g/mol. The number of nitrogens with one attached hydrogen (secondary N) is 1. The van der Waals surface area contributed by atoms with Crippen LogP contribution >= 0.6 is 33.9 Å². The Bertz CT molecular complexity index is 582. The van der Waals surface area contributed by atoms with E-state index in [1.807, 2.05) is 6.92 Å². The van der Waals surface area contributed by atoms with Gasteiger partial charge in [-0.15, -0.1) is 11.3 Å². The zero-order valence-electron chi connectivity index (χ0n) is 12.8. The van der Waals surface area contributed by atoms with E-state index in [1.165, 1.54) is 19.6 Å². The molecule has 0 aliphatic carbocycles. The highest BCUT2D eigenvalue weighted by molar-refractivity contribution is 14.1. The van der Waals surface area contributed by atoms with Gasteiger partial charge in [0.2, 0.25) is 0 Å². The third-order valence-corrected chi connectivity index (χ3v) is 5.10. The molecule has 2 rings (SSSR count). The van der Waals surface area contributed by atoms with E-state index >= 15 is 0 Å². The van der Waals surface area contributed by atoms with Crippen LogP contribution < -0.4 is 10.1 Å². The van der Waals surface area contributed by atoms with Crippen LogP contribution in [0.4, 0.5) is 0 Å². The van der Waals surface area contributed by atoms with E-state index < -0.39 is 0 Å². The van der Waals surface area contributed by atoms with Gasteiger partial charge in [0.05, 0.1) is 15.5 Å². The zero-order valence-corrected chi connectivity index (χ0v) is 15.8. The van der Waals surface area contributed by atoms with E-state index in [-0.39, 0.29) is 6.04 Å². The summed E-state index contributed by atoms with van der Waals surface area (Å²) in [5.74, 6) is 0.984. The molecule has 0 fully saturated rings. The molecule has 0 aliphatic rings. The number of ether oxygens (including phenoxy) is 1. The molecule has 2 aromatic rings. The van der Waals surface area contributed by atoms with Crippen molar-refractivity contribution in [1.82, 2.24) is 5.32 Å². The highest BCUT2D eigenvalue weighted by Crippen LogP contribution is 2.33. The van der Waals surface area contributed by atoms with E-state index in [9.17, 15) is 0 Å². The Hall–Kier alpha value is -0.590. The number of hydrogen-bond acceptors (Lipinski definition) is 3. The SMILES string of the molecule is CCCNC(c1csc(I)c1)c1cc(C)ccc1OCC. The molecule has 0 saturated heterocycles. The molecule has 21 heavy (non-hydrogen) atoms. The molecule has 1 unspecified atom stereocenters. The third-order valence-electron chi connectivity index (χ3n) is 3.30. The van der Waals surface area contributed by atoms with Gasteiger partial charge in [-0.05, 0) is 72.5 Å². The zero-order chi connectivity index (χ0) is 15.2. The standard InChI is InChI=1S/C17H22INOS/c1-4-8-19-17(13-10-16(18)21-11-13)14-9-12(3)6-7-15(14)20-5-2/h6-7,9-11,17,19H,4-5,8H2,1-3H3. The van der Waals surface area contributed by atoms with Crippen LogP contribution in [0.25, 0.3) is 0 Å². The van der Waals surface area contributed by atoms with Crippen molar-refractivity contribution in [2.24, 2.45) is 0 Å². The van der Waals surface area contributed by atoms with Gasteiger partial charge in [-0.2, -0.15) is 0 Å². The lowest BCUT2D eigenvalue weighted by atomic mass is 9.98. The van der Waals surface area contributed by atoms with Crippen LogP contribution in [-0.2, 0) is 0 Å². The minimum Gasteiger partial charge on any atom is -0.494 e. The van der Waals surface area contributed by atoms with Gasteiger partial charge >= 0.3 is 0 Å². The van der Waals surface area contributed by atoms with Gasteiger partial charge in [0.15, 0.2) is 0 Å². The van der Waals surface area contributed by atoms with Crippen LogP contribution in [0.1, 0.15) is 43.0 Å². The van der Waals surface area contributed by atoms with Crippen LogP contribution in [0.2, 0.25) is 0 Å². The predicted octanol–water partition coefficient (Wildman–Crippen LogP) is 5.15. The molecule has 0 aliphatic heterocycles. The van der Waals surface area contributed by atoms with E-state index in [0.29, 0.717) is 6.61 Å². The molecule has 1 heterocycles. The molecule has 0 radical (unpaired) electrons. The van der Waals surface area contributed by atoms with E-state index in [1.54, 1.807) is 11.3 Å². The van der Waals surface area contributed by atoms with Crippen molar-refractivity contribution < 1.29 is 4.74 Å². The summed E-state index contributed by atoms with van der Waals surface area (Å²) in [6.45, 7) is 8.05. The fourth-order valence-corrected chi connectivity index (χ4v) is 3.75. The highest BCUT2D eigenvalue weighted by Gasteiger charge is 2.19. The second kappa shape index (κ2) is 8.15. The summed E-state index contributed by atoms with van der Waals surface area (Å²) in [6.07, 6.45) is 1.12. The molecule has 0 spiro atoms. The van der Waals surface area contributed by atoms with E-state index in [2.05, 4.69) is 71.4 Å². The minimum atomic E-state index is 0.200. The maximum atomic E-state index is 5.84. The topological polar surface area (TPSA) is 21.3 Å². The maximum Gasteiger partial charge on any atom is 0.124 e. The Morgan fingerprint density at radius 3 is 2.71 bits per heavy atom. The van der Waals surface area contributed by atoms with Crippen LogP contribution in [0.15, 0.2) is 29.6 Å². The monoisotopic (exact) mass is 415 g/mol. The maximum absolute atomic E-state index is 5.84. The lowest BCUT2D eigenvalue weighted by molar-refractivity contribution is 0.333. The van der Waals surface area contributed by atoms with Crippen LogP contribution in [0.3, 0.4) is 0 Å². The number of benzene rings is 1. The van der Waals surface area contributed by atoms with Crippen molar-refractivity contribution in [3.63, 3.8) is 0 Å². The number of aryl methyl sites for hydroxylation is 1. The third kappa shape index (κ3) is 4.44. The normalized spacial score (nSPS) is 12.4. The van der Waals surface area contributed by atoms with Crippen molar-refractivity contribution in [3.8, 4) is 5.75 Å². The molecule has 1 N–H and O–H groups in total. The molecule has 1 aromatic carbocycles. The van der Waals surface area contributed by atoms with Crippen molar-refractivity contribution in [1.29, 1.82) is 0 Å². The largest absolute Gasteiger partial charge is 0.494 e. The number of thiophene rings is 1. The van der Waals surface area contributed by atoms with Gasteiger partial charge < -0.3 is 10.1 Å². The molecular formula is C17H22INOS. The average Bonchev–Trinajstić information content (AvgIpc) is 2.89. The molecule has 4 heteroatoms. The summed E-state index contributed by atoms with van der Waals surface area (Å²) in [6, 6.07) is 8.90.